The molecule has 2 bridgehead atoms. The molecule has 2 aromatic carbocycles. The topological polar surface area (TPSA) is 112 Å². The third-order valence-corrected chi connectivity index (χ3v) is 11.1. The lowest BCUT2D eigenvalue weighted by molar-refractivity contribution is 0.0122. The van der Waals surface area contributed by atoms with Gasteiger partial charge in [0, 0.05) is 49.1 Å². The summed E-state index contributed by atoms with van der Waals surface area (Å²) < 4.78 is 26.1. The summed E-state index contributed by atoms with van der Waals surface area (Å²) in [4.78, 5) is 45.5. The Balaban J connectivity index is 1.09. The minimum absolute atomic E-state index is 0.0169. The maximum absolute atomic E-state index is 14.3. The first-order valence-corrected chi connectivity index (χ1v) is 18.2. The van der Waals surface area contributed by atoms with Gasteiger partial charge in [0.25, 0.3) is 5.91 Å². The largest absolute Gasteiger partial charge is 0.508 e. The molecule has 4 fully saturated rings. The highest BCUT2D eigenvalue weighted by Gasteiger charge is 2.47. The second-order valence-corrected chi connectivity index (χ2v) is 16.1. The second-order valence-electron chi connectivity index (χ2n) is 16.1. The fourth-order valence-corrected chi connectivity index (χ4v) is 8.47. The molecule has 1 aliphatic carbocycles. The van der Waals surface area contributed by atoms with E-state index in [0.717, 1.165) is 72.2 Å². The van der Waals surface area contributed by atoms with E-state index >= 15 is 0 Å². The van der Waals surface area contributed by atoms with Crippen molar-refractivity contribution < 1.29 is 28.6 Å². The van der Waals surface area contributed by atoms with Crippen molar-refractivity contribution >= 4 is 34.7 Å². The molecular formula is C39H47FN6O5. The number of fused-ring (bicyclic) bond motifs is 4. The van der Waals surface area contributed by atoms with Crippen molar-refractivity contribution in [3.05, 3.63) is 59.3 Å². The number of nitrogens with zero attached hydrogens (tertiary/aromatic N) is 6. The van der Waals surface area contributed by atoms with Crippen molar-refractivity contribution in [1.29, 1.82) is 0 Å². The number of aromatic nitrogens is 2. The number of alkyl halides is 1. The van der Waals surface area contributed by atoms with E-state index < -0.39 is 11.8 Å². The number of ether oxygens (including phenoxy) is 2. The number of hydrogen-bond donors (Lipinski definition) is 1. The number of rotatable bonds is 8. The van der Waals surface area contributed by atoms with Crippen molar-refractivity contribution in [2.75, 3.05) is 44.2 Å². The predicted molar refractivity (Wildman–Crippen MR) is 192 cm³/mol. The Bertz CT molecular complexity index is 1880. The zero-order valence-corrected chi connectivity index (χ0v) is 29.7. The summed E-state index contributed by atoms with van der Waals surface area (Å²) in [5.41, 5.74) is 2.18. The van der Waals surface area contributed by atoms with Gasteiger partial charge >= 0.3 is 12.1 Å². The number of piperazine rings is 1. The third-order valence-electron chi connectivity index (χ3n) is 11.1. The molecule has 1 aromatic heterocycles. The summed E-state index contributed by atoms with van der Waals surface area (Å²) in [6.07, 6.45) is 5.03. The molecule has 1 saturated carbocycles. The molecule has 3 saturated heterocycles. The first-order chi connectivity index (χ1) is 24.4. The lowest BCUT2D eigenvalue weighted by Crippen LogP contribution is -2.57. The standard InChI is InChI=1S/C39H47FN6O5/c1-5-24-7-6-8-25-15-29(47)16-30(33(24)25)35(48)45-20-31-32(21-45)41-36(50-23-39(12-13-39)22-43-14-11-26(40)17-43)42-34(31)44-18-27-9-10-28(19-44)46(27)37(49)51-38(2,3)4/h5-8,15-16,26-28,47H,1,9-14,17-23H2,2-4H3. The zero-order chi connectivity index (χ0) is 35.7. The van der Waals surface area contributed by atoms with Gasteiger partial charge in [-0.25, -0.2) is 9.18 Å². The van der Waals surface area contributed by atoms with E-state index in [9.17, 15) is 19.1 Å². The number of anilines is 1. The van der Waals surface area contributed by atoms with Gasteiger partial charge in [-0.2, -0.15) is 9.97 Å². The van der Waals surface area contributed by atoms with Gasteiger partial charge in [-0.15, -0.1) is 0 Å². The van der Waals surface area contributed by atoms with Crippen LogP contribution in [0.3, 0.4) is 0 Å². The quantitative estimate of drug-likeness (QED) is 0.306. The summed E-state index contributed by atoms with van der Waals surface area (Å²) in [6, 6.07) is 9.06. The van der Waals surface area contributed by atoms with Crippen LogP contribution in [0.4, 0.5) is 15.0 Å². The van der Waals surface area contributed by atoms with Gasteiger partial charge in [-0.1, -0.05) is 30.9 Å². The van der Waals surface area contributed by atoms with Gasteiger partial charge in [0.1, 0.15) is 23.3 Å². The average Bonchev–Trinajstić information content (AvgIpc) is 3.35. The van der Waals surface area contributed by atoms with Gasteiger partial charge in [-0.05, 0) is 76.0 Å². The maximum Gasteiger partial charge on any atom is 0.410 e. The summed E-state index contributed by atoms with van der Waals surface area (Å²) in [5, 5.41) is 12.1. The van der Waals surface area contributed by atoms with Crippen LogP contribution >= 0.6 is 0 Å². The number of carbonyl (C=O) groups excluding carboxylic acids is 2. The summed E-state index contributed by atoms with van der Waals surface area (Å²) >= 11 is 0. The molecule has 0 spiro atoms. The molecule has 51 heavy (non-hydrogen) atoms. The number of phenols is 1. The van der Waals surface area contributed by atoms with E-state index in [-0.39, 0.29) is 47.8 Å². The molecule has 5 heterocycles. The average molecular weight is 699 g/mol. The number of phenolic OH excluding ortho intramolecular Hbond substituents is 1. The molecule has 12 heteroatoms. The van der Waals surface area contributed by atoms with E-state index in [1.807, 2.05) is 43.9 Å². The van der Waals surface area contributed by atoms with E-state index in [0.29, 0.717) is 44.8 Å². The van der Waals surface area contributed by atoms with Crippen LogP contribution in [0.2, 0.25) is 0 Å². The number of aromatic hydroxyl groups is 1. The molecule has 1 N–H and O–H groups in total. The fraction of sp³-hybridized carbons (Fsp3) is 0.538. The number of hydrogen-bond acceptors (Lipinski definition) is 9. The van der Waals surface area contributed by atoms with Gasteiger partial charge in [-0.3, -0.25) is 14.6 Å². The smallest absolute Gasteiger partial charge is 0.410 e. The highest BCUT2D eigenvalue weighted by atomic mass is 19.1. The Morgan fingerprint density at radius 1 is 1.08 bits per heavy atom. The fourth-order valence-electron chi connectivity index (χ4n) is 8.47. The normalized spacial score (nSPS) is 23.8. The Hall–Kier alpha value is -4.45. The lowest BCUT2D eigenvalue weighted by atomic mass is 9.98. The Morgan fingerprint density at radius 3 is 2.51 bits per heavy atom. The number of amides is 2. The van der Waals surface area contributed by atoms with Crippen LogP contribution in [-0.2, 0) is 17.8 Å². The Morgan fingerprint density at radius 2 is 1.84 bits per heavy atom. The zero-order valence-electron chi connectivity index (χ0n) is 29.7. The van der Waals surface area contributed by atoms with Gasteiger partial charge in [0.15, 0.2) is 0 Å². The van der Waals surface area contributed by atoms with Crippen LogP contribution in [0.15, 0.2) is 36.9 Å². The van der Waals surface area contributed by atoms with Crippen LogP contribution < -0.4 is 9.64 Å². The molecule has 270 valence electrons. The Labute approximate surface area is 298 Å². The molecule has 3 atom stereocenters. The first kappa shape index (κ1) is 33.7. The van der Waals surface area contributed by atoms with E-state index in [1.54, 1.807) is 17.0 Å². The monoisotopic (exact) mass is 698 g/mol. The van der Waals surface area contributed by atoms with Crippen LogP contribution in [0.5, 0.6) is 11.8 Å². The number of carbonyl (C=O) groups is 2. The molecule has 0 radical (unpaired) electrons. The van der Waals surface area contributed by atoms with Crippen LogP contribution in [0, 0.1) is 5.41 Å². The van der Waals surface area contributed by atoms with Crippen molar-refractivity contribution in [3.63, 3.8) is 0 Å². The molecule has 8 rings (SSSR count). The third kappa shape index (κ3) is 6.58. The van der Waals surface area contributed by atoms with Crippen molar-refractivity contribution in [2.45, 2.75) is 89.8 Å². The number of likely N-dealkylation sites (tertiary alicyclic amines) is 1. The molecule has 11 nitrogen and oxygen atoms in total. The van der Waals surface area contributed by atoms with Gasteiger partial charge in [0.2, 0.25) is 0 Å². The summed E-state index contributed by atoms with van der Waals surface area (Å²) in [6.45, 7) is 13.8. The van der Waals surface area contributed by atoms with E-state index in [1.165, 1.54) is 6.07 Å². The SMILES string of the molecule is C=Cc1cccc2cc(O)cc(C(=O)N3Cc4nc(OCC5(CN6CCC(F)C6)CC5)nc(N5CC6CCC(C5)N6C(=O)OC(C)(C)C)c4C3)c12. The summed E-state index contributed by atoms with van der Waals surface area (Å²) in [7, 11) is 0. The van der Waals surface area contributed by atoms with E-state index in [4.69, 9.17) is 19.4 Å². The molecule has 3 aromatic rings. The number of benzene rings is 2. The second kappa shape index (κ2) is 12.6. The highest BCUT2D eigenvalue weighted by Crippen LogP contribution is 2.47. The molecule has 5 aliphatic rings. The van der Waals surface area contributed by atoms with Gasteiger partial charge < -0.3 is 24.4 Å². The molecular weight excluding hydrogens is 651 g/mol. The van der Waals surface area contributed by atoms with E-state index in [2.05, 4.69) is 16.4 Å². The van der Waals surface area contributed by atoms with Crippen molar-refractivity contribution in [1.82, 2.24) is 24.7 Å². The lowest BCUT2D eigenvalue weighted by Gasteiger charge is -2.42. The number of halogens is 1. The maximum atomic E-state index is 14.3. The predicted octanol–water partition coefficient (Wildman–Crippen LogP) is 5.93. The minimum Gasteiger partial charge on any atom is -0.508 e. The first-order valence-electron chi connectivity index (χ1n) is 18.2. The molecule has 2 amide bonds. The molecule has 4 aliphatic heterocycles. The Kier molecular flexibility index (Phi) is 8.35. The van der Waals surface area contributed by atoms with Crippen molar-refractivity contribution in [2.24, 2.45) is 5.41 Å². The molecule has 3 unspecified atom stereocenters. The highest BCUT2D eigenvalue weighted by molar-refractivity contribution is 6.10. The van der Waals surface area contributed by atoms with Crippen LogP contribution in [0.1, 0.15) is 80.1 Å². The van der Waals surface area contributed by atoms with Crippen LogP contribution in [-0.4, -0.2) is 105 Å². The van der Waals surface area contributed by atoms with Gasteiger partial charge in [0.05, 0.1) is 43.0 Å². The summed E-state index contributed by atoms with van der Waals surface area (Å²) in [5.74, 6) is 0.520. The van der Waals surface area contributed by atoms with Crippen molar-refractivity contribution in [3.8, 4) is 11.8 Å². The van der Waals surface area contributed by atoms with Crippen LogP contribution in [0.25, 0.3) is 16.8 Å². The minimum atomic E-state index is -0.762.